The molecular formula is C13H20N2O2S. The Balaban J connectivity index is 2.72. The Kier molecular flexibility index (Phi) is 4.90. The van der Waals surface area contributed by atoms with Gasteiger partial charge in [0.05, 0.1) is 16.9 Å². The highest BCUT2D eigenvalue weighted by molar-refractivity contribution is 7.80. The van der Waals surface area contributed by atoms with Crippen LogP contribution in [0.1, 0.15) is 38.3 Å². The highest BCUT2D eigenvalue weighted by Crippen LogP contribution is 2.18. The van der Waals surface area contributed by atoms with E-state index in [0.717, 1.165) is 11.5 Å². The van der Waals surface area contributed by atoms with Crippen molar-refractivity contribution >= 4 is 23.1 Å². The minimum absolute atomic E-state index is 0.0769. The van der Waals surface area contributed by atoms with Gasteiger partial charge in [-0.25, -0.2) is 0 Å². The number of thiocarbonyl (C=S) groups is 1. The fourth-order valence-electron chi connectivity index (χ4n) is 1.82. The van der Waals surface area contributed by atoms with Gasteiger partial charge in [0.2, 0.25) is 5.91 Å². The molecule has 0 bridgehead atoms. The van der Waals surface area contributed by atoms with Gasteiger partial charge in [0.25, 0.3) is 0 Å². The largest absolute Gasteiger partial charge is 0.464 e. The Morgan fingerprint density at radius 1 is 1.39 bits per heavy atom. The van der Waals surface area contributed by atoms with Crippen molar-refractivity contribution < 1.29 is 9.21 Å². The first kappa shape index (κ1) is 14.7. The second-order valence-corrected chi connectivity index (χ2v) is 5.27. The van der Waals surface area contributed by atoms with E-state index in [1.165, 1.54) is 0 Å². The second kappa shape index (κ2) is 6.00. The van der Waals surface area contributed by atoms with Crippen molar-refractivity contribution in [1.29, 1.82) is 0 Å². The number of amides is 1. The van der Waals surface area contributed by atoms with Crippen LogP contribution in [0.5, 0.6) is 0 Å². The highest BCUT2D eigenvalue weighted by Gasteiger charge is 2.26. The van der Waals surface area contributed by atoms with Crippen molar-refractivity contribution in [3.63, 3.8) is 0 Å². The number of carbonyl (C=O) groups is 1. The quantitative estimate of drug-likeness (QED) is 0.804. The van der Waals surface area contributed by atoms with Gasteiger partial charge in [-0.2, -0.15) is 0 Å². The number of nitrogens with two attached hydrogens (primary N) is 1. The maximum Gasteiger partial charge on any atom is 0.230 e. The van der Waals surface area contributed by atoms with Gasteiger partial charge in [0.1, 0.15) is 11.5 Å². The number of aryl methyl sites for hydroxylation is 1. The molecule has 1 amide bonds. The first-order valence-corrected chi connectivity index (χ1v) is 6.39. The Morgan fingerprint density at radius 3 is 2.39 bits per heavy atom. The van der Waals surface area contributed by atoms with E-state index in [1.807, 2.05) is 39.8 Å². The number of furan rings is 1. The van der Waals surface area contributed by atoms with Crippen LogP contribution in [-0.2, 0) is 4.79 Å². The van der Waals surface area contributed by atoms with Crippen LogP contribution >= 0.6 is 12.2 Å². The van der Waals surface area contributed by atoms with Gasteiger partial charge >= 0.3 is 0 Å². The summed E-state index contributed by atoms with van der Waals surface area (Å²) in [4.78, 5) is 12.3. The first-order chi connectivity index (χ1) is 8.32. The molecule has 0 aliphatic carbocycles. The molecule has 3 N–H and O–H groups in total. The summed E-state index contributed by atoms with van der Waals surface area (Å²) in [6.45, 7) is 7.58. The van der Waals surface area contributed by atoms with Gasteiger partial charge in [-0.3, -0.25) is 4.79 Å². The standard InChI is InChI=1S/C13H20N2O2S/c1-7(2)11(12(14)18)13(16)15-9(4)10-6-5-8(3)17-10/h5-7,9,11H,1-4H3,(H2,14,18)(H,15,16). The maximum absolute atomic E-state index is 12.1. The summed E-state index contributed by atoms with van der Waals surface area (Å²) in [5.41, 5.74) is 5.60. The summed E-state index contributed by atoms with van der Waals surface area (Å²) in [5.74, 6) is 1.03. The summed E-state index contributed by atoms with van der Waals surface area (Å²) < 4.78 is 5.47. The maximum atomic E-state index is 12.1. The number of rotatable bonds is 5. The fourth-order valence-corrected chi connectivity index (χ4v) is 2.20. The summed E-state index contributed by atoms with van der Waals surface area (Å²) in [6, 6.07) is 3.53. The molecule has 100 valence electrons. The van der Waals surface area contributed by atoms with E-state index >= 15 is 0 Å². The molecule has 0 aliphatic heterocycles. The molecule has 0 aromatic carbocycles. The molecule has 2 atom stereocenters. The zero-order chi connectivity index (χ0) is 13.9. The van der Waals surface area contributed by atoms with Gasteiger partial charge in [-0.05, 0) is 31.9 Å². The van der Waals surface area contributed by atoms with Crippen LogP contribution in [0.3, 0.4) is 0 Å². The predicted octanol–water partition coefficient (Wildman–Crippen LogP) is 2.32. The van der Waals surface area contributed by atoms with E-state index in [-0.39, 0.29) is 22.9 Å². The molecule has 1 rings (SSSR count). The summed E-state index contributed by atoms with van der Waals surface area (Å²) in [5, 5.41) is 2.87. The lowest BCUT2D eigenvalue weighted by Gasteiger charge is -2.21. The summed E-state index contributed by atoms with van der Waals surface area (Å²) in [6.07, 6.45) is 0. The van der Waals surface area contributed by atoms with E-state index in [4.69, 9.17) is 22.4 Å². The zero-order valence-electron chi connectivity index (χ0n) is 11.2. The third-order valence-corrected chi connectivity index (χ3v) is 3.06. The lowest BCUT2D eigenvalue weighted by molar-refractivity contribution is -0.124. The van der Waals surface area contributed by atoms with Crippen LogP contribution < -0.4 is 11.1 Å². The number of hydrogen-bond acceptors (Lipinski definition) is 3. The van der Waals surface area contributed by atoms with Crippen molar-refractivity contribution in [2.45, 2.75) is 33.7 Å². The van der Waals surface area contributed by atoms with E-state index < -0.39 is 5.92 Å². The molecule has 4 nitrogen and oxygen atoms in total. The predicted molar refractivity (Wildman–Crippen MR) is 75.1 cm³/mol. The molecule has 1 aromatic heterocycles. The number of hydrogen-bond donors (Lipinski definition) is 2. The molecule has 0 saturated heterocycles. The zero-order valence-corrected chi connectivity index (χ0v) is 12.0. The summed E-state index contributed by atoms with van der Waals surface area (Å²) in [7, 11) is 0. The Labute approximate surface area is 113 Å². The molecule has 2 unspecified atom stereocenters. The molecule has 5 heteroatoms. The molecule has 0 aliphatic rings. The molecule has 0 radical (unpaired) electrons. The highest BCUT2D eigenvalue weighted by atomic mass is 32.1. The van der Waals surface area contributed by atoms with E-state index in [0.29, 0.717) is 0 Å². The first-order valence-electron chi connectivity index (χ1n) is 5.99. The molecule has 0 spiro atoms. The van der Waals surface area contributed by atoms with Gasteiger partial charge < -0.3 is 15.5 Å². The number of carbonyl (C=O) groups excluding carboxylic acids is 1. The third-order valence-electron chi connectivity index (χ3n) is 2.80. The molecule has 0 saturated carbocycles. The molecule has 1 aromatic rings. The molecule has 18 heavy (non-hydrogen) atoms. The van der Waals surface area contributed by atoms with Gasteiger partial charge in [0.15, 0.2) is 0 Å². The smallest absolute Gasteiger partial charge is 0.230 e. The molecule has 0 fully saturated rings. The van der Waals surface area contributed by atoms with Crippen LogP contribution in [0.25, 0.3) is 0 Å². The van der Waals surface area contributed by atoms with Crippen molar-refractivity contribution in [3.05, 3.63) is 23.7 Å². The van der Waals surface area contributed by atoms with Crippen LogP contribution in [0.15, 0.2) is 16.5 Å². The van der Waals surface area contributed by atoms with Crippen molar-refractivity contribution in [1.82, 2.24) is 5.32 Å². The van der Waals surface area contributed by atoms with Crippen molar-refractivity contribution in [2.75, 3.05) is 0 Å². The van der Waals surface area contributed by atoms with Crippen LogP contribution in [0.4, 0.5) is 0 Å². The molecule has 1 heterocycles. The Hall–Kier alpha value is -1.36. The minimum atomic E-state index is -0.446. The van der Waals surface area contributed by atoms with Crippen LogP contribution in [0, 0.1) is 18.8 Å². The Bertz CT molecular complexity index is 440. The van der Waals surface area contributed by atoms with Crippen molar-refractivity contribution in [2.24, 2.45) is 17.6 Å². The van der Waals surface area contributed by atoms with Gasteiger partial charge in [-0.15, -0.1) is 0 Å². The van der Waals surface area contributed by atoms with E-state index in [2.05, 4.69) is 5.32 Å². The lowest BCUT2D eigenvalue weighted by atomic mass is 9.94. The lowest BCUT2D eigenvalue weighted by Crippen LogP contribution is -2.41. The average Bonchev–Trinajstić information content (AvgIpc) is 2.63. The SMILES string of the molecule is Cc1ccc(C(C)NC(=O)C(C(N)=S)C(C)C)o1. The molecular weight excluding hydrogens is 248 g/mol. The fraction of sp³-hybridized carbons (Fsp3) is 0.538. The summed E-state index contributed by atoms with van der Waals surface area (Å²) >= 11 is 4.94. The average molecular weight is 268 g/mol. The monoisotopic (exact) mass is 268 g/mol. The Morgan fingerprint density at radius 2 is 2.00 bits per heavy atom. The van der Waals surface area contributed by atoms with Crippen LogP contribution in [0.2, 0.25) is 0 Å². The third kappa shape index (κ3) is 3.57. The van der Waals surface area contributed by atoms with E-state index in [1.54, 1.807) is 0 Å². The normalized spacial score (nSPS) is 14.3. The van der Waals surface area contributed by atoms with Crippen LogP contribution in [-0.4, -0.2) is 10.9 Å². The second-order valence-electron chi connectivity index (χ2n) is 4.80. The van der Waals surface area contributed by atoms with Gasteiger partial charge in [0, 0.05) is 0 Å². The number of nitrogens with one attached hydrogen (secondary N) is 1. The van der Waals surface area contributed by atoms with Crippen molar-refractivity contribution in [3.8, 4) is 0 Å². The minimum Gasteiger partial charge on any atom is -0.464 e. The topological polar surface area (TPSA) is 68.3 Å². The van der Waals surface area contributed by atoms with E-state index in [9.17, 15) is 4.79 Å². The van der Waals surface area contributed by atoms with Gasteiger partial charge in [-0.1, -0.05) is 26.1 Å².